The lowest BCUT2D eigenvalue weighted by atomic mass is 9.91. The fraction of sp³-hybridized carbons (Fsp3) is 0.917. The third kappa shape index (κ3) is 8.43. The smallest absolute Gasteiger partial charge is 0.220 e. The number of nitrogens with two attached hydrogens (primary N) is 1. The Morgan fingerprint density at radius 1 is 1.33 bits per heavy atom. The van der Waals surface area contributed by atoms with Gasteiger partial charge in [-0.2, -0.15) is 0 Å². The van der Waals surface area contributed by atoms with E-state index in [0.29, 0.717) is 18.9 Å². The number of carbonyl (C=O) groups is 1. The van der Waals surface area contributed by atoms with Gasteiger partial charge in [0, 0.05) is 19.0 Å². The Morgan fingerprint density at radius 3 is 2.20 bits per heavy atom. The van der Waals surface area contributed by atoms with E-state index in [4.69, 9.17) is 5.73 Å². The summed E-state index contributed by atoms with van der Waals surface area (Å²) >= 11 is 0. The number of hydrogen-bond acceptors (Lipinski definition) is 2. The highest BCUT2D eigenvalue weighted by atomic mass is 16.1. The van der Waals surface area contributed by atoms with Crippen LogP contribution in [0.4, 0.5) is 0 Å². The summed E-state index contributed by atoms with van der Waals surface area (Å²) in [6.07, 6.45) is 1.51. The molecule has 0 heterocycles. The molecule has 1 unspecified atom stereocenters. The van der Waals surface area contributed by atoms with Gasteiger partial charge in [0.05, 0.1) is 0 Å². The van der Waals surface area contributed by atoms with E-state index in [-0.39, 0.29) is 17.4 Å². The zero-order chi connectivity index (χ0) is 12.1. The first kappa shape index (κ1) is 14.4. The van der Waals surface area contributed by atoms with Gasteiger partial charge in [-0.05, 0) is 17.8 Å². The maximum Gasteiger partial charge on any atom is 0.220 e. The van der Waals surface area contributed by atoms with Crippen molar-refractivity contribution in [3.05, 3.63) is 0 Å². The van der Waals surface area contributed by atoms with Gasteiger partial charge in [-0.25, -0.2) is 0 Å². The zero-order valence-electron chi connectivity index (χ0n) is 10.8. The molecule has 15 heavy (non-hydrogen) atoms. The van der Waals surface area contributed by atoms with Crippen LogP contribution in [0.3, 0.4) is 0 Å². The molecule has 0 aliphatic heterocycles. The molecule has 0 bridgehead atoms. The minimum atomic E-state index is 0.0427. The molecule has 1 amide bonds. The van der Waals surface area contributed by atoms with Crippen LogP contribution in [-0.4, -0.2) is 18.5 Å². The molecule has 3 N–H and O–H groups in total. The van der Waals surface area contributed by atoms with Crippen LogP contribution >= 0.6 is 0 Å². The van der Waals surface area contributed by atoms with Crippen LogP contribution in [0.5, 0.6) is 0 Å². The van der Waals surface area contributed by atoms with Gasteiger partial charge in [-0.1, -0.05) is 34.6 Å². The van der Waals surface area contributed by atoms with Crippen LogP contribution in [0.2, 0.25) is 0 Å². The first-order valence-electron chi connectivity index (χ1n) is 5.74. The van der Waals surface area contributed by atoms with E-state index in [1.807, 2.05) is 0 Å². The second-order valence-corrected chi connectivity index (χ2v) is 5.87. The van der Waals surface area contributed by atoms with Gasteiger partial charge in [0.1, 0.15) is 0 Å². The molecule has 0 fully saturated rings. The van der Waals surface area contributed by atoms with Gasteiger partial charge in [0.15, 0.2) is 0 Å². The summed E-state index contributed by atoms with van der Waals surface area (Å²) < 4.78 is 0. The van der Waals surface area contributed by atoms with Crippen molar-refractivity contribution in [3.8, 4) is 0 Å². The maximum atomic E-state index is 11.6. The lowest BCUT2D eigenvalue weighted by Gasteiger charge is -2.22. The Labute approximate surface area is 93.8 Å². The second kappa shape index (κ2) is 6.11. The first-order valence-corrected chi connectivity index (χ1v) is 5.74. The van der Waals surface area contributed by atoms with Gasteiger partial charge in [-0.3, -0.25) is 4.79 Å². The molecule has 0 saturated heterocycles. The summed E-state index contributed by atoms with van der Waals surface area (Å²) in [7, 11) is 0. The Hall–Kier alpha value is -0.570. The maximum absolute atomic E-state index is 11.6. The number of carbonyl (C=O) groups excluding carboxylic acids is 1. The fourth-order valence-electron chi connectivity index (χ4n) is 1.54. The molecule has 0 aromatic heterocycles. The third-order valence-corrected chi connectivity index (χ3v) is 2.10. The Kier molecular flexibility index (Phi) is 5.88. The molecule has 90 valence electrons. The van der Waals surface area contributed by atoms with Crippen molar-refractivity contribution in [2.24, 2.45) is 17.1 Å². The highest BCUT2D eigenvalue weighted by Gasteiger charge is 2.18. The molecule has 0 aromatic carbocycles. The molecule has 0 aromatic rings. The van der Waals surface area contributed by atoms with Crippen LogP contribution in [-0.2, 0) is 4.79 Å². The monoisotopic (exact) mass is 214 g/mol. The fourth-order valence-corrected chi connectivity index (χ4v) is 1.54. The summed E-state index contributed by atoms with van der Waals surface area (Å²) in [4.78, 5) is 11.6. The van der Waals surface area contributed by atoms with Gasteiger partial charge in [-0.15, -0.1) is 0 Å². The molecular formula is C12H26N2O. The summed E-state index contributed by atoms with van der Waals surface area (Å²) in [6, 6.07) is 0.125. The number of nitrogens with one attached hydrogen (secondary N) is 1. The summed E-state index contributed by atoms with van der Waals surface area (Å²) in [5.41, 5.74) is 5.66. The highest BCUT2D eigenvalue weighted by molar-refractivity contribution is 5.76. The predicted molar refractivity (Wildman–Crippen MR) is 64.5 cm³/mol. The lowest BCUT2D eigenvalue weighted by Crippen LogP contribution is -2.42. The molecule has 0 spiro atoms. The van der Waals surface area contributed by atoms with Crippen LogP contribution < -0.4 is 11.1 Å². The summed E-state index contributed by atoms with van der Waals surface area (Å²) in [5, 5.41) is 2.99. The molecular weight excluding hydrogens is 188 g/mol. The Morgan fingerprint density at radius 2 is 1.87 bits per heavy atom. The zero-order valence-corrected chi connectivity index (χ0v) is 10.8. The Bertz CT molecular complexity index is 194. The normalized spacial score (nSPS) is 14.1. The predicted octanol–water partition coefficient (Wildman–Crippen LogP) is 1.91. The van der Waals surface area contributed by atoms with Crippen molar-refractivity contribution in [1.82, 2.24) is 5.32 Å². The number of hydrogen-bond donors (Lipinski definition) is 2. The number of rotatable bonds is 5. The molecule has 0 aliphatic carbocycles. The van der Waals surface area contributed by atoms with Crippen molar-refractivity contribution in [2.75, 3.05) is 6.54 Å². The average Bonchev–Trinajstić information content (AvgIpc) is 1.98. The highest BCUT2D eigenvalue weighted by Crippen LogP contribution is 2.18. The second-order valence-electron chi connectivity index (χ2n) is 5.87. The SMILES string of the molecule is CC(C)CC(CN)NC(=O)CC(C)(C)C. The molecule has 3 heteroatoms. The van der Waals surface area contributed by atoms with Crippen LogP contribution in [0, 0.1) is 11.3 Å². The van der Waals surface area contributed by atoms with Crippen molar-refractivity contribution >= 4 is 5.91 Å². The topological polar surface area (TPSA) is 55.1 Å². The van der Waals surface area contributed by atoms with Gasteiger partial charge < -0.3 is 11.1 Å². The standard InChI is InChI=1S/C12H26N2O/c1-9(2)6-10(8-13)14-11(15)7-12(3,4)5/h9-10H,6-8,13H2,1-5H3,(H,14,15). The van der Waals surface area contributed by atoms with Crippen molar-refractivity contribution in [1.29, 1.82) is 0 Å². The van der Waals surface area contributed by atoms with E-state index in [1.54, 1.807) is 0 Å². The number of amides is 1. The summed E-state index contributed by atoms with van der Waals surface area (Å²) in [6.45, 7) is 11.0. The quantitative estimate of drug-likeness (QED) is 0.734. The van der Waals surface area contributed by atoms with E-state index in [0.717, 1.165) is 6.42 Å². The van der Waals surface area contributed by atoms with E-state index < -0.39 is 0 Å². The summed E-state index contributed by atoms with van der Waals surface area (Å²) in [5.74, 6) is 0.673. The third-order valence-electron chi connectivity index (χ3n) is 2.10. The molecule has 0 rings (SSSR count). The van der Waals surface area contributed by atoms with Gasteiger partial charge in [0.25, 0.3) is 0 Å². The molecule has 0 radical (unpaired) electrons. The molecule has 0 aliphatic rings. The van der Waals surface area contributed by atoms with Crippen LogP contribution in [0.15, 0.2) is 0 Å². The minimum absolute atomic E-state index is 0.0427. The molecule has 3 nitrogen and oxygen atoms in total. The molecule has 1 atom stereocenters. The van der Waals surface area contributed by atoms with E-state index in [9.17, 15) is 4.79 Å². The van der Waals surface area contributed by atoms with Gasteiger partial charge >= 0.3 is 0 Å². The molecule has 0 saturated carbocycles. The first-order chi connectivity index (χ1) is 6.74. The van der Waals surface area contributed by atoms with Crippen molar-refractivity contribution < 1.29 is 4.79 Å². The lowest BCUT2D eigenvalue weighted by molar-refractivity contribution is -0.123. The van der Waals surface area contributed by atoms with Crippen molar-refractivity contribution in [3.63, 3.8) is 0 Å². The average molecular weight is 214 g/mol. The largest absolute Gasteiger partial charge is 0.352 e. The van der Waals surface area contributed by atoms with E-state index in [1.165, 1.54) is 0 Å². The van der Waals surface area contributed by atoms with Crippen LogP contribution in [0.25, 0.3) is 0 Å². The van der Waals surface area contributed by atoms with Crippen LogP contribution in [0.1, 0.15) is 47.5 Å². The van der Waals surface area contributed by atoms with E-state index >= 15 is 0 Å². The van der Waals surface area contributed by atoms with Crippen molar-refractivity contribution in [2.45, 2.75) is 53.5 Å². The van der Waals surface area contributed by atoms with Gasteiger partial charge in [0.2, 0.25) is 5.91 Å². The minimum Gasteiger partial charge on any atom is -0.352 e. The Balaban J connectivity index is 4.02. The van der Waals surface area contributed by atoms with E-state index in [2.05, 4.69) is 39.9 Å².